The molecular formula is C97H103ClN16O7. The van der Waals surface area contributed by atoms with Gasteiger partial charge in [0, 0.05) is 31.2 Å². The summed E-state index contributed by atoms with van der Waals surface area (Å²) in [5.74, 6) is 3.11. The molecule has 1 aliphatic carbocycles. The SMILES string of the molecule is C=c1nc2c(c(=O)[nH]1)=Nc1cc(CC)c(C)cc1N2CCC(C)c1ccc(Cl)cc1.CCCc1ccc2c(c1)nc1c(=O)[nH]c(=O)nc-1n2CCC(C)c1ccc(C)cc1.CCc1cc2nc3c(=O)[nH]c(=O)nc-3n(CC(C)Cc3ccc(C)cc3)c2cc1C.Cc1ccc(CCCn2c3nc(=O)[nH]c(=O)c-3nc3cc(C4CCCC4)ccc32)cc1. The second-order valence-corrected chi connectivity index (χ2v) is 33.0. The molecule has 620 valence electrons. The molecule has 0 spiro atoms. The number of rotatable bonds is 21. The van der Waals surface area contributed by atoms with Gasteiger partial charge in [-0.1, -0.05) is 193 Å². The number of hydrogen-bond donors (Lipinski definition) is 4. The molecule has 8 aliphatic rings. The average Bonchev–Trinajstić information content (AvgIpc) is 1.02. The molecule has 1 fully saturated rings. The van der Waals surface area contributed by atoms with Crippen LogP contribution in [0.25, 0.3) is 74.2 Å². The summed E-state index contributed by atoms with van der Waals surface area (Å²) in [6.45, 7) is 29.8. The molecule has 1 saturated carbocycles. The lowest BCUT2D eigenvalue weighted by Crippen LogP contribution is -2.42. The molecule has 8 aromatic carbocycles. The fourth-order valence-corrected chi connectivity index (χ4v) is 16.8. The van der Waals surface area contributed by atoms with Crippen LogP contribution in [-0.2, 0) is 51.7 Å². The third kappa shape index (κ3) is 19.4. The van der Waals surface area contributed by atoms with E-state index in [0.29, 0.717) is 78.1 Å². The van der Waals surface area contributed by atoms with Crippen LogP contribution >= 0.6 is 11.6 Å². The van der Waals surface area contributed by atoms with Gasteiger partial charge in [0.2, 0.25) is 0 Å². The number of hydrogen-bond acceptors (Lipinski definition) is 16. The van der Waals surface area contributed by atoms with E-state index in [2.05, 4.69) is 275 Å². The van der Waals surface area contributed by atoms with Crippen LogP contribution in [0, 0.1) is 40.5 Å². The Morgan fingerprint density at radius 2 is 0.959 bits per heavy atom. The predicted octanol–water partition coefficient (Wildman–Crippen LogP) is 16.2. The Balaban J connectivity index is 0.000000132. The van der Waals surface area contributed by atoms with Crippen LogP contribution in [0.4, 0.5) is 17.2 Å². The van der Waals surface area contributed by atoms with E-state index in [9.17, 15) is 33.6 Å². The zero-order valence-electron chi connectivity index (χ0n) is 70.7. The zero-order chi connectivity index (χ0) is 85.4. The van der Waals surface area contributed by atoms with Gasteiger partial charge in [-0.05, 0) is 239 Å². The summed E-state index contributed by atoms with van der Waals surface area (Å²) in [7, 11) is 0. The fraction of sp³-hybridized carbons (Fsp3) is 0.330. The molecule has 17 rings (SSSR count). The van der Waals surface area contributed by atoms with Gasteiger partial charge in [-0.3, -0.25) is 34.1 Å². The van der Waals surface area contributed by atoms with E-state index >= 15 is 0 Å². The second-order valence-electron chi connectivity index (χ2n) is 32.6. The number of fused-ring (bicyclic) bond motifs is 8. The summed E-state index contributed by atoms with van der Waals surface area (Å²) in [5.41, 5.74) is 20.1. The van der Waals surface area contributed by atoms with E-state index in [-0.39, 0.29) is 28.6 Å². The van der Waals surface area contributed by atoms with Gasteiger partial charge in [-0.25, -0.2) is 39.3 Å². The molecule has 0 bridgehead atoms. The van der Waals surface area contributed by atoms with Gasteiger partial charge in [-0.15, -0.1) is 0 Å². The van der Waals surface area contributed by atoms with Crippen molar-refractivity contribution in [1.29, 1.82) is 0 Å². The van der Waals surface area contributed by atoms with Crippen molar-refractivity contribution in [3.05, 3.63) is 319 Å². The number of aryl methyl sites for hydroxylation is 11. The van der Waals surface area contributed by atoms with Gasteiger partial charge in [0.15, 0.2) is 45.7 Å². The van der Waals surface area contributed by atoms with E-state index in [0.717, 1.165) is 107 Å². The Bertz CT molecular complexity index is 6790. The molecule has 3 atom stereocenters. The van der Waals surface area contributed by atoms with Crippen LogP contribution in [0.5, 0.6) is 0 Å². The molecule has 7 aliphatic heterocycles. The summed E-state index contributed by atoms with van der Waals surface area (Å²) in [6.07, 6.45) is 13.1. The smallest absolute Gasteiger partial charge is 0.322 e. The van der Waals surface area contributed by atoms with Crippen molar-refractivity contribution < 1.29 is 0 Å². The van der Waals surface area contributed by atoms with Gasteiger partial charge in [0.1, 0.15) is 5.48 Å². The first-order valence-electron chi connectivity index (χ1n) is 42.1. The Morgan fingerprint density at radius 3 is 1.53 bits per heavy atom. The summed E-state index contributed by atoms with van der Waals surface area (Å²) in [5, 5.41) is 1.08. The number of aromatic nitrogens is 14. The maximum absolute atomic E-state index is 12.6. The predicted molar refractivity (Wildman–Crippen MR) is 483 cm³/mol. The van der Waals surface area contributed by atoms with Crippen LogP contribution in [0.2, 0.25) is 5.02 Å². The summed E-state index contributed by atoms with van der Waals surface area (Å²) in [6, 6.07) is 54.5. The normalized spacial score (nSPS) is 13.3. The van der Waals surface area contributed by atoms with Crippen LogP contribution in [0.3, 0.4) is 0 Å². The first kappa shape index (κ1) is 84.7. The standard InChI is InChI=1S/C25H26N4O2.C24H25ClN4O.2C24H26N4O2/c1-16-8-10-17(11-9-16)5-4-14-29-21-13-12-19(18-6-2-3-7-18)15-20(21)26-22-23(29)27-25(31)28-24(22)30;1-5-17-13-20-21(12-15(17)3)29(23-22(28-20)24(30)27-16(4)26-23)11-10-14(2)18-6-8-19(25)9-7-18;1-5-18-12-19-20(11-16(18)4)28(22-21(25-19)23(29)27-24(30)26-22)13-15(3)10-17-8-6-14(2)7-9-17;1-4-5-17-8-11-20-19(14-17)25-21-22(26-24(30)27-23(21)29)28(20)13-12-16(3)18-9-6-15(2)7-10-18/h8-13,15,18H,2-7,14H2,1H3,(H,28,30,31);6-9,12-14H,4-5,10-11H2,1-3H3,(H,27,30);6-9,11-12,15H,5,10,13H2,1-4H3,(H,27,29,30);6-11,14,16H,4-5,12-13H2,1-3H3,(H,27,29,30). The third-order valence-electron chi connectivity index (χ3n) is 23.5. The number of anilines is 2. The summed E-state index contributed by atoms with van der Waals surface area (Å²) in [4.78, 5) is 133. The molecule has 121 heavy (non-hydrogen) atoms. The highest BCUT2D eigenvalue weighted by Gasteiger charge is 2.28. The van der Waals surface area contributed by atoms with Crippen LogP contribution in [-0.4, -0.2) is 75.1 Å². The van der Waals surface area contributed by atoms with Gasteiger partial charge in [-0.2, -0.15) is 15.0 Å². The topological polar surface area (TPSA) is 303 Å². The number of H-pyrrole nitrogens is 4. The van der Waals surface area contributed by atoms with Crippen molar-refractivity contribution in [1.82, 2.24) is 68.5 Å². The van der Waals surface area contributed by atoms with Crippen molar-refractivity contribution in [2.24, 2.45) is 10.9 Å². The summed E-state index contributed by atoms with van der Waals surface area (Å²) < 4.78 is 5.94. The number of nitrogens with one attached hydrogen (secondary N) is 4. The van der Waals surface area contributed by atoms with Crippen molar-refractivity contribution in [3.63, 3.8) is 0 Å². The first-order valence-corrected chi connectivity index (χ1v) is 42.5. The van der Waals surface area contributed by atoms with Gasteiger partial charge in [0.05, 0.1) is 44.5 Å². The van der Waals surface area contributed by atoms with E-state index in [4.69, 9.17) is 11.6 Å². The quantitative estimate of drug-likeness (QED) is 0.0486. The summed E-state index contributed by atoms with van der Waals surface area (Å²) >= 11 is 6.03. The lowest BCUT2D eigenvalue weighted by atomic mass is 9.97. The number of benzene rings is 8. The second kappa shape index (κ2) is 37.3. The maximum Gasteiger partial charge on any atom is 0.349 e. The Hall–Kier alpha value is -12.8. The monoisotopic (exact) mass is 1640 g/mol. The molecule has 9 aromatic rings. The minimum Gasteiger partial charge on any atom is -0.322 e. The minimum atomic E-state index is -0.643. The Labute approximate surface area is 705 Å². The van der Waals surface area contributed by atoms with Crippen molar-refractivity contribution in [3.8, 4) is 34.6 Å². The molecule has 8 heterocycles. The van der Waals surface area contributed by atoms with Gasteiger partial charge >= 0.3 is 17.1 Å². The van der Waals surface area contributed by atoms with Crippen LogP contribution in [0.15, 0.2) is 196 Å². The highest BCUT2D eigenvalue weighted by molar-refractivity contribution is 6.30. The highest BCUT2D eigenvalue weighted by atomic mass is 35.5. The van der Waals surface area contributed by atoms with E-state index in [1.807, 2.05) is 44.0 Å². The molecule has 0 radical (unpaired) electrons. The van der Waals surface area contributed by atoms with Crippen LogP contribution < -0.4 is 55.0 Å². The molecule has 0 amide bonds. The fourth-order valence-electron chi connectivity index (χ4n) is 16.7. The molecule has 3 unspecified atom stereocenters. The first-order chi connectivity index (χ1) is 58.3. The van der Waals surface area contributed by atoms with Crippen molar-refractivity contribution in [2.45, 2.75) is 197 Å². The number of halogens is 1. The highest BCUT2D eigenvalue weighted by Crippen LogP contribution is 2.40. The molecule has 24 heteroatoms. The number of aromatic amines is 4. The maximum atomic E-state index is 12.6. The van der Waals surface area contributed by atoms with Crippen molar-refractivity contribution >= 4 is 68.5 Å². The molecule has 4 N–H and O–H groups in total. The third-order valence-corrected chi connectivity index (χ3v) is 23.7. The molecule has 0 saturated heterocycles. The van der Waals surface area contributed by atoms with E-state index in [1.54, 1.807) is 0 Å². The lowest BCUT2D eigenvalue weighted by molar-refractivity contribution is 0.485. The Morgan fingerprint density at radius 1 is 0.471 bits per heavy atom. The minimum absolute atomic E-state index is 0.204. The van der Waals surface area contributed by atoms with Crippen LogP contribution in [0.1, 0.15) is 183 Å². The average molecular weight is 1640 g/mol. The number of nitrogens with zero attached hydrogens (tertiary/aromatic N) is 12. The molecule has 1 aromatic heterocycles. The van der Waals surface area contributed by atoms with Crippen molar-refractivity contribution in [2.75, 3.05) is 11.4 Å². The largest absolute Gasteiger partial charge is 0.349 e. The Kier molecular flexibility index (Phi) is 26.1. The molecular weight excluding hydrogens is 1540 g/mol. The molecule has 23 nitrogen and oxygen atoms in total. The lowest BCUT2D eigenvalue weighted by Gasteiger charge is -2.29. The zero-order valence-corrected chi connectivity index (χ0v) is 71.4. The van der Waals surface area contributed by atoms with E-state index < -0.39 is 33.7 Å². The van der Waals surface area contributed by atoms with Gasteiger partial charge in [0.25, 0.3) is 22.2 Å². The van der Waals surface area contributed by atoms with E-state index in [1.165, 1.54) is 98.0 Å². The van der Waals surface area contributed by atoms with Gasteiger partial charge < -0.3 is 23.6 Å².